The minimum absolute atomic E-state index is 0.0227. The summed E-state index contributed by atoms with van der Waals surface area (Å²) in [6.07, 6.45) is 2.17. The van der Waals surface area contributed by atoms with Crippen LogP contribution in [0.25, 0.3) is 10.6 Å². The number of aromatic nitrogens is 1. The third-order valence-electron chi connectivity index (χ3n) is 5.05. The van der Waals surface area contributed by atoms with Crippen LogP contribution in [0.4, 0.5) is 4.39 Å². The number of aryl methyl sites for hydroxylation is 1. The molecule has 2 fully saturated rings. The molecule has 0 bridgehead atoms. The first-order valence-corrected chi connectivity index (χ1v) is 10.4. The van der Waals surface area contributed by atoms with Crippen LogP contribution in [0, 0.1) is 12.7 Å². The molecule has 0 spiro atoms. The molecule has 1 saturated carbocycles. The van der Waals surface area contributed by atoms with Crippen molar-refractivity contribution in [2.45, 2.75) is 25.8 Å². The number of thiazole rings is 1. The lowest BCUT2D eigenvalue weighted by Crippen LogP contribution is -2.51. The van der Waals surface area contributed by atoms with Gasteiger partial charge in [-0.2, -0.15) is 0 Å². The number of benzene rings is 1. The first-order chi connectivity index (χ1) is 13.5. The Labute approximate surface area is 167 Å². The molecule has 2 aromatic rings. The molecule has 0 unspecified atom stereocenters. The predicted molar refractivity (Wildman–Crippen MR) is 106 cm³/mol. The fraction of sp³-hybridized carbons (Fsp3) is 0.450. The maximum atomic E-state index is 13.1. The molecule has 1 N–H and O–H groups in total. The highest BCUT2D eigenvalue weighted by atomic mass is 32.1. The molecular weight excluding hydrogens is 379 g/mol. The summed E-state index contributed by atoms with van der Waals surface area (Å²) in [5.74, 6) is -0.244. The van der Waals surface area contributed by atoms with E-state index in [4.69, 9.17) is 0 Å². The van der Waals surface area contributed by atoms with E-state index in [1.807, 2.05) is 11.8 Å². The summed E-state index contributed by atoms with van der Waals surface area (Å²) in [5.41, 5.74) is 1.50. The van der Waals surface area contributed by atoms with Crippen LogP contribution in [0.3, 0.4) is 0 Å². The number of carbonyl (C=O) groups is 2. The van der Waals surface area contributed by atoms with Crippen molar-refractivity contribution in [3.63, 3.8) is 0 Å². The van der Waals surface area contributed by atoms with Gasteiger partial charge in [0.05, 0.1) is 12.2 Å². The zero-order valence-corrected chi connectivity index (χ0v) is 16.6. The largest absolute Gasteiger partial charge is 0.352 e. The topological polar surface area (TPSA) is 65.5 Å². The highest BCUT2D eigenvalue weighted by Crippen LogP contribution is 2.29. The Bertz CT molecular complexity index is 871. The Morgan fingerprint density at radius 1 is 1.18 bits per heavy atom. The van der Waals surface area contributed by atoms with E-state index in [2.05, 4.69) is 15.2 Å². The second-order valence-corrected chi connectivity index (χ2v) is 8.35. The number of carbonyl (C=O) groups excluding carboxylic acids is 2. The van der Waals surface area contributed by atoms with Gasteiger partial charge in [-0.25, -0.2) is 9.37 Å². The van der Waals surface area contributed by atoms with Crippen LogP contribution in [0.5, 0.6) is 0 Å². The van der Waals surface area contributed by atoms with Gasteiger partial charge < -0.3 is 10.2 Å². The molecule has 1 saturated heterocycles. The van der Waals surface area contributed by atoms with Gasteiger partial charge in [0, 0.05) is 37.8 Å². The molecule has 1 aliphatic carbocycles. The quantitative estimate of drug-likeness (QED) is 0.834. The fourth-order valence-electron chi connectivity index (χ4n) is 3.27. The number of piperazine rings is 1. The lowest BCUT2D eigenvalue weighted by Gasteiger charge is -2.34. The maximum Gasteiger partial charge on any atom is 0.265 e. The minimum atomic E-state index is -0.294. The Kier molecular flexibility index (Phi) is 5.41. The van der Waals surface area contributed by atoms with Gasteiger partial charge in [-0.05, 0) is 44.0 Å². The van der Waals surface area contributed by atoms with Crippen LogP contribution in [0.2, 0.25) is 0 Å². The zero-order chi connectivity index (χ0) is 19.7. The van der Waals surface area contributed by atoms with E-state index < -0.39 is 0 Å². The van der Waals surface area contributed by atoms with Crippen molar-refractivity contribution in [3.8, 4) is 10.6 Å². The number of hydrogen-bond acceptors (Lipinski definition) is 5. The summed E-state index contributed by atoms with van der Waals surface area (Å²) in [5, 5.41) is 3.72. The molecule has 1 aliphatic heterocycles. The first-order valence-electron chi connectivity index (χ1n) is 9.54. The van der Waals surface area contributed by atoms with Crippen LogP contribution in [-0.4, -0.2) is 65.4 Å². The van der Waals surface area contributed by atoms with Crippen molar-refractivity contribution < 1.29 is 14.0 Å². The molecule has 2 aliphatic rings. The third kappa shape index (κ3) is 4.39. The highest BCUT2D eigenvalue weighted by Gasteiger charge is 2.28. The smallest absolute Gasteiger partial charge is 0.265 e. The highest BCUT2D eigenvalue weighted by molar-refractivity contribution is 7.17. The number of nitrogens with one attached hydrogen (secondary N) is 1. The summed E-state index contributed by atoms with van der Waals surface area (Å²) in [6, 6.07) is 6.51. The average molecular weight is 402 g/mol. The molecule has 1 aromatic carbocycles. The van der Waals surface area contributed by atoms with Gasteiger partial charge in [0.25, 0.3) is 5.91 Å². The van der Waals surface area contributed by atoms with Gasteiger partial charge in [-0.3, -0.25) is 14.5 Å². The number of hydrogen-bond donors (Lipinski definition) is 1. The van der Waals surface area contributed by atoms with Gasteiger partial charge in [-0.15, -0.1) is 11.3 Å². The molecular formula is C20H23FN4O2S. The van der Waals surface area contributed by atoms with E-state index >= 15 is 0 Å². The molecule has 8 heteroatoms. The molecule has 0 radical (unpaired) electrons. The minimum Gasteiger partial charge on any atom is -0.352 e. The van der Waals surface area contributed by atoms with Gasteiger partial charge >= 0.3 is 0 Å². The van der Waals surface area contributed by atoms with Crippen LogP contribution >= 0.6 is 11.3 Å². The summed E-state index contributed by atoms with van der Waals surface area (Å²) in [7, 11) is 0. The molecule has 148 valence electrons. The maximum absolute atomic E-state index is 13.1. The summed E-state index contributed by atoms with van der Waals surface area (Å²) >= 11 is 1.34. The number of amides is 2. The van der Waals surface area contributed by atoms with Crippen LogP contribution in [-0.2, 0) is 4.79 Å². The second kappa shape index (κ2) is 7.97. The van der Waals surface area contributed by atoms with Crippen LogP contribution < -0.4 is 5.32 Å². The van der Waals surface area contributed by atoms with Crippen molar-refractivity contribution in [1.82, 2.24) is 20.1 Å². The summed E-state index contributed by atoms with van der Waals surface area (Å²) < 4.78 is 13.1. The van der Waals surface area contributed by atoms with Crippen molar-refractivity contribution >= 4 is 23.2 Å². The SMILES string of the molecule is Cc1nc(-c2ccc(F)cc2)sc1C(=O)N1CCN(CC(=O)NC2CC2)CC1. The van der Waals surface area contributed by atoms with Crippen molar-refractivity contribution in [2.75, 3.05) is 32.7 Å². The molecule has 2 heterocycles. The molecule has 4 rings (SSSR count). The summed E-state index contributed by atoms with van der Waals surface area (Å²) in [6.45, 7) is 4.79. The Morgan fingerprint density at radius 3 is 2.50 bits per heavy atom. The fourth-order valence-corrected chi connectivity index (χ4v) is 4.31. The Balaban J connectivity index is 1.36. The molecule has 28 heavy (non-hydrogen) atoms. The van der Waals surface area contributed by atoms with E-state index in [0.29, 0.717) is 49.3 Å². The van der Waals surface area contributed by atoms with Gasteiger partial charge in [0.2, 0.25) is 5.91 Å². The van der Waals surface area contributed by atoms with Crippen molar-refractivity contribution in [3.05, 3.63) is 40.7 Å². The van der Waals surface area contributed by atoms with Gasteiger partial charge in [0.15, 0.2) is 0 Å². The summed E-state index contributed by atoms with van der Waals surface area (Å²) in [4.78, 5) is 33.9. The standard InChI is InChI=1S/C20H23FN4O2S/c1-13-18(28-19(22-13)14-2-4-15(21)5-3-14)20(27)25-10-8-24(9-11-25)12-17(26)23-16-6-7-16/h2-5,16H,6-12H2,1H3,(H,23,26). The lowest BCUT2D eigenvalue weighted by molar-refractivity contribution is -0.122. The van der Waals surface area contributed by atoms with E-state index in [1.165, 1.54) is 23.5 Å². The third-order valence-corrected chi connectivity index (χ3v) is 6.25. The first kappa shape index (κ1) is 19.0. The molecule has 1 aromatic heterocycles. The van der Waals surface area contributed by atoms with Crippen molar-refractivity contribution in [1.29, 1.82) is 0 Å². The Morgan fingerprint density at radius 2 is 1.86 bits per heavy atom. The molecule has 2 amide bonds. The van der Waals surface area contributed by atoms with Crippen molar-refractivity contribution in [2.24, 2.45) is 0 Å². The van der Waals surface area contributed by atoms with Crippen LogP contribution in [0.15, 0.2) is 24.3 Å². The zero-order valence-electron chi connectivity index (χ0n) is 15.8. The lowest BCUT2D eigenvalue weighted by atomic mass is 10.2. The predicted octanol–water partition coefficient (Wildman–Crippen LogP) is 2.29. The van der Waals surface area contributed by atoms with Crippen LogP contribution in [0.1, 0.15) is 28.2 Å². The van der Waals surface area contributed by atoms with E-state index in [9.17, 15) is 14.0 Å². The normalized spacial score (nSPS) is 17.6. The monoisotopic (exact) mass is 402 g/mol. The molecule has 6 nitrogen and oxygen atoms in total. The number of halogens is 1. The molecule has 0 atom stereocenters. The number of nitrogens with zero attached hydrogens (tertiary/aromatic N) is 3. The number of rotatable bonds is 5. The second-order valence-electron chi connectivity index (χ2n) is 7.35. The van der Waals surface area contributed by atoms with E-state index in [1.54, 1.807) is 12.1 Å². The van der Waals surface area contributed by atoms with Gasteiger partial charge in [-0.1, -0.05) is 0 Å². The average Bonchev–Trinajstić information content (AvgIpc) is 3.41. The van der Waals surface area contributed by atoms with Gasteiger partial charge in [0.1, 0.15) is 15.7 Å². The van der Waals surface area contributed by atoms with E-state index in [-0.39, 0.29) is 17.6 Å². The Hall–Kier alpha value is -2.32. The van der Waals surface area contributed by atoms with E-state index in [0.717, 1.165) is 23.4 Å².